The second kappa shape index (κ2) is 7.51. The number of rotatable bonds is 3. The molecule has 0 radical (unpaired) electrons. The van der Waals surface area contributed by atoms with Gasteiger partial charge in [0.15, 0.2) is 0 Å². The van der Waals surface area contributed by atoms with Gasteiger partial charge in [-0.2, -0.15) is 0 Å². The second-order valence-corrected chi connectivity index (χ2v) is 6.07. The van der Waals surface area contributed by atoms with Gasteiger partial charge in [0.25, 0.3) is 5.91 Å². The number of anilines is 1. The molecule has 24 heavy (non-hydrogen) atoms. The van der Waals surface area contributed by atoms with Crippen LogP contribution in [0.2, 0.25) is 0 Å². The van der Waals surface area contributed by atoms with E-state index in [0.29, 0.717) is 25.4 Å². The number of hydrogen-bond acceptors (Lipinski definition) is 5. The van der Waals surface area contributed by atoms with Crippen molar-refractivity contribution in [1.82, 2.24) is 14.8 Å². The number of likely N-dealkylation sites (tertiary alicyclic amines) is 1. The number of piperazine rings is 1. The Bertz CT molecular complexity index is 593. The maximum absolute atomic E-state index is 12.5. The van der Waals surface area contributed by atoms with E-state index in [1.165, 1.54) is 0 Å². The molecule has 1 aromatic rings. The van der Waals surface area contributed by atoms with Crippen LogP contribution in [0, 0.1) is 0 Å². The largest absolute Gasteiger partial charge is 0.450 e. The summed E-state index contributed by atoms with van der Waals surface area (Å²) in [5.41, 5.74) is 1.48. The highest BCUT2D eigenvalue weighted by Crippen LogP contribution is 2.19. The lowest BCUT2D eigenvalue weighted by Crippen LogP contribution is -2.49. The van der Waals surface area contributed by atoms with Crippen molar-refractivity contribution in [3.63, 3.8) is 0 Å². The molecular weight excluding hydrogens is 308 g/mol. The van der Waals surface area contributed by atoms with Crippen molar-refractivity contribution >= 4 is 17.7 Å². The normalized spacial score (nSPS) is 18.0. The van der Waals surface area contributed by atoms with Crippen LogP contribution in [-0.2, 0) is 4.74 Å². The highest BCUT2D eigenvalue weighted by Gasteiger charge is 2.24. The molecule has 0 saturated carbocycles. The van der Waals surface area contributed by atoms with Gasteiger partial charge in [-0.25, -0.2) is 4.79 Å². The number of pyridine rings is 1. The lowest BCUT2D eigenvalue weighted by atomic mass is 10.2. The Labute approximate surface area is 142 Å². The molecule has 1 aromatic heterocycles. The third kappa shape index (κ3) is 3.60. The van der Waals surface area contributed by atoms with Gasteiger partial charge in [-0.15, -0.1) is 0 Å². The molecule has 3 heterocycles. The zero-order chi connectivity index (χ0) is 16.9. The Morgan fingerprint density at radius 3 is 2.46 bits per heavy atom. The van der Waals surface area contributed by atoms with Crippen molar-refractivity contribution in [2.45, 2.75) is 19.8 Å². The number of carbonyl (C=O) groups is 2. The van der Waals surface area contributed by atoms with Crippen molar-refractivity contribution in [1.29, 1.82) is 0 Å². The van der Waals surface area contributed by atoms with Gasteiger partial charge in [-0.3, -0.25) is 9.78 Å². The highest BCUT2D eigenvalue weighted by atomic mass is 16.6. The van der Waals surface area contributed by atoms with E-state index < -0.39 is 0 Å². The van der Waals surface area contributed by atoms with E-state index in [1.807, 2.05) is 24.0 Å². The van der Waals surface area contributed by atoms with Gasteiger partial charge in [0.2, 0.25) is 0 Å². The molecular formula is C17H24N4O3. The minimum absolute atomic E-state index is 0.0134. The van der Waals surface area contributed by atoms with E-state index in [4.69, 9.17) is 4.74 Å². The average Bonchev–Trinajstić information content (AvgIpc) is 3.16. The lowest BCUT2D eigenvalue weighted by molar-refractivity contribution is 0.0787. The fraction of sp³-hybridized carbons (Fsp3) is 0.588. The maximum atomic E-state index is 12.5. The minimum atomic E-state index is -0.253. The molecule has 0 N–H and O–H groups in total. The van der Waals surface area contributed by atoms with Crippen molar-refractivity contribution in [2.75, 3.05) is 50.8 Å². The van der Waals surface area contributed by atoms with Gasteiger partial charge in [0, 0.05) is 51.2 Å². The third-order valence-electron chi connectivity index (χ3n) is 4.53. The molecule has 7 heteroatoms. The Hall–Kier alpha value is -2.31. The quantitative estimate of drug-likeness (QED) is 0.841. The molecule has 2 saturated heterocycles. The molecule has 2 aliphatic rings. The number of aromatic nitrogens is 1. The predicted octanol–water partition coefficient (Wildman–Crippen LogP) is 1.60. The summed E-state index contributed by atoms with van der Waals surface area (Å²) in [4.78, 5) is 34.2. The summed E-state index contributed by atoms with van der Waals surface area (Å²) in [6.45, 7) is 6.54. The number of carbonyl (C=O) groups excluding carboxylic acids is 2. The van der Waals surface area contributed by atoms with Gasteiger partial charge < -0.3 is 19.4 Å². The molecule has 0 spiro atoms. The lowest BCUT2D eigenvalue weighted by Gasteiger charge is -2.35. The molecule has 2 fully saturated rings. The van der Waals surface area contributed by atoms with Crippen molar-refractivity contribution < 1.29 is 14.3 Å². The van der Waals surface area contributed by atoms with Gasteiger partial charge in [-0.05, 0) is 31.9 Å². The van der Waals surface area contributed by atoms with Crippen LogP contribution in [0.1, 0.15) is 30.3 Å². The number of hydrogen-bond donors (Lipinski definition) is 0. The summed E-state index contributed by atoms with van der Waals surface area (Å²) >= 11 is 0. The van der Waals surface area contributed by atoms with Crippen LogP contribution in [0.25, 0.3) is 0 Å². The first-order valence-electron chi connectivity index (χ1n) is 8.61. The van der Waals surface area contributed by atoms with E-state index in [2.05, 4.69) is 9.88 Å². The second-order valence-electron chi connectivity index (χ2n) is 6.07. The van der Waals surface area contributed by atoms with Gasteiger partial charge >= 0.3 is 6.09 Å². The Kier molecular flexibility index (Phi) is 5.17. The zero-order valence-electron chi connectivity index (χ0n) is 14.1. The fourth-order valence-corrected chi connectivity index (χ4v) is 3.18. The zero-order valence-corrected chi connectivity index (χ0v) is 14.1. The molecule has 0 atom stereocenters. The Morgan fingerprint density at radius 1 is 1.08 bits per heavy atom. The van der Waals surface area contributed by atoms with Crippen LogP contribution >= 0.6 is 0 Å². The monoisotopic (exact) mass is 332 g/mol. The Balaban J connectivity index is 1.63. The maximum Gasteiger partial charge on any atom is 0.409 e. The summed E-state index contributed by atoms with van der Waals surface area (Å²) in [5.74, 6) is 0.0134. The molecule has 0 aliphatic carbocycles. The van der Waals surface area contributed by atoms with Crippen LogP contribution in [0.5, 0.6) is 0 Å². The molecule has 0 unspecified atom stereocenters. The summed E-state index contributed by atoms with van der Waals surface area (Å²) < 4.78 is 5.04. The van der Waals surface area contributed by atoms with Gasteiger partial charge in [0.05, 0.1) is 6.61 Å². The van der Waals surface area contributed by atoms with E-state index in [9.17, 15) is 9.59 Å². The molecule has 0 bridgehead atoms. The van der Waals surface area contributed by atoms with Gasteiger partial charge in [0.1, 0.15) is 5.69 Å². The average molecular weight is 332 g/mol. The van der Waals surface area contributed by atoms with Crippen LogP contribution < -0.4 is 4.90 Å². The minimum Gasteiger partial charge on any atom is -0.450 e. The molecule has 2 amide bonds. The van der Waals surface area contributed by atoms with E-state index in [-0.39, 0.29) is 12.0 Å². The smallest absolute Gasteiger partial charge is 0.409 e. The topological polar surface area (TPSA) is 66.0 Å². The van der Waals surface area contributed by atoms with Crippen molar-refractivity contribution in [3.8, 4) is 0 Å². The van der Waals surface area contributed by atoms with Gasteiger partial charge in [-0.1, -0.05) is 0 Å². The predicted molar refractivity (Wildman–Crippen MR) is 90.2 cm³/mol. The van der Waals surface area contributed by atoms with Crippen LogP contribution in [0.4, 0.5) is 10.5 Å². The highest BCUT2D eigenvalue weighted by molar-refractivity contribution is 5.93. The number of amides is 2. The Morgan fingerprint density at radius 2 is 1.79 bits per heavy atom. The van der Waals surface area contributed by atoms with Crippen molar-refractivity contribution in [3.05, 3.63) is 24.0 Å². The molecule has 130 valence electrons. The first kappa shape index (κ1) is 16.5. The molecule has 7 nitrogen and oxygen atoms in total. The molecule has 3 rings (SSSR count). The van der Waals surface area contributed by atoms with E-state index in [0.717, 1.165) is 44.7 Å². The van der Waals surface area contributed by atoms with Crippen LogP contribution in [0.15, 0.2) is 18.3 Å². The first-order chi connectivity index (χ1) is 11.7. The SMILES string of the molecule is CCOC(=O)N1CCN(c2ccnc(C(=O)N3CCCC3)c2)CC1. The summed E-state index contributed by atoms with van der Waals surface area (Å²) in [6, 6.07) is 3.78. The molecule has 2 aliphatic heterocycles. The van der Waals surface area contributed by atoms with Crippen molar-refractivity contribution in [2.24, 2.45) is 0 Å². The third-order valence-corrected chi connectivity index (χ3v) is 4.53. The summed E-state index contributed by atoms with van der Waals surface area (Å²) in [6.07, 6.45) is 3.58. The summed E-state index contributed by atoms with van der Waals surface area (Å²) in [7, 11) is 0. The van der Waals surface area contributed by atoms with Crippen LogP contribution in [0.3, 0.4) is 0 Å². The number of ether oxygens (including phenoxy) is 1. The fourth-order valence-electron chi connectivity index (χ4n) is 3.18. The number of nitrogens with zero attached hydrogens (tertiary/aromatic N) is 4. The van der Waals surface area contributed by atoms with Crippen LogP contribution in [-0.4, -0.2) is 72.7 Å². The summed E-state index contributed by atoms with van der Waals surface area (Å²) in [5, 5.41) is 0. The standard InChI is InChI=1S/C17H24N4O3/c1-2-24-17(23)21-11-9-19(10-12-21)14-5-6-18-15(13-14)16(22)20-7-3-4-8-20/h5-6,13H,2-4,7-12H2,1H3. The van der Waals surface area contributed by atoms with E-state index >= 15 is 0 Å². The van der Waals surface area contributed by atoms with E-state index in [1.54, 1.807) is 11.1 Å². The molecule has 0 aromatic carbocycles. The first-order valence-corrected chi connectivity index (χ1v) is 8.61.